The highest BCUT2D eigenvalue weighted by Gasteiger charge is 2.30. The van der Waals surface area contributed by atoms with E-state index in [2.05, 4.69) is 90.1 Å². The first-order chi connectivity index (χ1) is 13.4. The maximum Gasteiger partial charge on any atom is 0.185 e. The molecule has 0 aromatic heterocycles. The third-order valence-electron chi connectivity index (χ3n) is 6.60. The standard InChI is InChI=1S/C27H33B/c1-17(2)23-13-24(18(3)4)27(25(14-23)19(5)6)28-15-21-11-7-9-20-10-8-12-22(16-28)26(20)21/h7-14,17-19H,15-16H2,1-6H3. The molecule has 0 saturated heterocycles. The molecule has 0 bridgehead atoms. The molecule has 0 radical (unpaired) electrons. The zero-order valence-electron chi connectivity index (χ0n) is 18.3. The van der Waals surface area contributed by atoms with Crippen molar-refractivity contribution in [1.29, 1.82) is 0 Å². The lowest BCUT2D eigenvalue weighted by Gasteiger charge is -2.30. The Morgan fingerprint density at radius 2 is 1.18 bits per heavy atom. The van der Waals surface area contributed by atoms with Crippen molar-refractivity contribution in [3.63, 3.8) is 0 Å². The maximum atomic E-state index is 2.51. The van der Waals surface area contributed by atoms with E-state index in [0.29, 0.717) is 24.5 Å². The second-order valence-corrected chi connectivity index (χ2v) is 9.61. The Morgan fingerprint density at radius 3 is 1.61 bits per heavy atom. The van der Waals surface area contributed by atoms with Crippen LogP contribution in [0, 0.1) is 0 Å². The second-order valence-electron chi connectivity index (χ2n) is 9.61. The minimum absolute atomic E-state index is 0.555. The molecule has 0 nitrogen and oxygen atoms in total. The highest BCUT2D eigenvalue weighted by molar-refractivity contribution is 6.74. The van der Waals surface area contributed by atoms with Crippen LogP contribution in [0.5, 0.6) is 0 Å². The fraction of sp³-hybridized carbons (Fsp3) is 0.407. The maximum absolute atomic E-state index is 2.51. The summed E-state index contributed by atoms with van der Waals surface area (Å²) in [6.07, 6.45) is 2.32. The van der Waals surface area contributed by atoms with Gasteiger partial charge in [-0.15, -0.1) is 0 Å². The van der Waals surface area contributed by atoms with Gasteiger partial charge in [-0.1, -0.05) is 107 Å². The van der Waals surface area contributed by atoms with Gasteiger partial charge < -0.3 is 0 Å². The quantitative estimate of drug-likeness (QED) is 0.445. The summed E-state index contributed by atoms with van der Waals surface area (Å²) in [5, 5.41) is 2.91. The van der Waals surface area contributed by atoms with Crippen LogP contribution in [-0.2, 0) is 12.6 Å². The van der Waals surface area contributed by atoms with Gasteiger partial charge in [0.2, 0.25) is 0 Å². The smallest absolute Gasteiger partial charge is 0.0726 e. The Balaban J connectivity index is 1.89. The summed E-state index contributed by atoms with van der Waals surface area (Å²) in [5.74, 6) is 1.68. The topological polar surface area (TPSA) is 0 Å². The zero-order chi connectivity index (χ0) is 20.0. The Labute approximate surface area is 171 Å². The second kappa shape index (κ2) is 7.43. The predicted molar refractivity (Wildman–Crippen MR) is 125 cm³/mol. The van der Waals surface area contributed by atoms with E-state index in [1.165, 1.54) is 27.5 Å². The van der Waals surface area contributed by atoms with Crippen molar-refractivity contribution in [2.24, 2.45) is 0 Å². The van der Waals surface area contributed by atoms with Gasteiger partial charge in [0.25, 0.3) is 0 Å². The first-order valence-corrected chi connectivity index (χ1v) is 11.0. The molecule has 0 aliphatic carbocycles. The highest BCUT2D eigenvalue weighted by Crippen LogP contribution is 2.32. The molecule has 3 aromatic carbocycles. The van der Waals surface area contributed by atoms with Crippen molar-refractivity contribution in [1.82, 2.24) is 0 Å². The summed E-state index contributed by atoms with van der Waals surface area (Å²) in [7, 11) is 0. The summed E-state index contributed by atoms with van der Waals surface area (Å²) >= 11 is 0. The lowest BCUT2D eigenvalue weighted by atomic mass is 9.35. The van der Waals surface area contributed by atoms with Gasteiger partial charge in [0.05, 0.1) is 0 Å². The molecule has 1 aliphatic rings. The van der Waals surface area contributed by atoms with Gasteiger partial charge in [-0.3, -0.25) is 0 Å². The van der Waals surface area contributed by atoms with Crippen LogP contribution in [0.3, 0.4) is 0 Å². The molecule has 0 saturated carbocycles. The molecular formula is C27H33B. The Kier molecular flexibility index (Phi) is 5.12. The van der Waals surface area contributed by atoms with Gasteiger partial charge in [-0.05, 0) is 57.9 Å². The van der Waals surface area contributed by atoms with Crippen molar-refractivity contribution in [3.8, 4) is 0 Å². The average molecular weight is 368 g/mol. The first kappa shape index (κ1) is 19.3. The molecule has 0 amide bonds. The molecule has 0 N–H and O–H groups in total. The molecule has 0 atom stereocenters. The lowest BCUT2D eigenvalue weighted by molar-refractivity contribution is 0.811. The highest BCUT2D eigenvalue weighted by atomic mass is 14.2. The van der Waals surface area contributed by atoms with Crippen LogP contribution >= 0.6 is 0 Å². The fourth-order valence-electron chi connectivity index (χ4n) is 5.13. The van der Waals surface area contributed by atoms with Crippen molar-refractivity contribution < 1.29 is 0 Å². The van der Waals surface area contributed by atoms with Crippen molar-refractivity contribution in [2.75, 3.05) is 0 Å². The van der Waals surface area contributed by atoms with E-state index in [0.717, 1.165) is 12.6 Å². The van der Waals surface area contributed by atoms with Crippen LogP contribution in [0.1, 0.15) is 87.1 Å². The van der Waals surface area contributed by atoms with E-state index in [1.807, 2.05) is 0 Å². The lowest BCUT2D eigenvalue weighted by Crippen LogP contribution is -2.43. The van der Waals surface area contributed by atoms with Gasteiger partial charge >= 0.3 is 0 Å². The fourth-order valence-corrected chi connectivity index (χ4v) is 5.13. The summed E-state index contributed by atoms with van der Waals surface area (Å²) in [4.78, 5) is 0. The van der Waals surface area contributed by atoms with E-state index >= 15 is 0 Å². The molecule has 1 heteroatoms. The Bertz CT molecular complexity index is 940. The van der Waals surface area contributed by atoms with Gasteiger partial charge in [0, 0.05) is 0 Å². The van der Waals surface area contributed by atoms with Gasteiger partial charge in [0.1, 0.15) is 0 Å². The number of benzene rings is 3. The molecule has 0 fully saturated rings. The van der Waals surface area contributed by atoms with E-state index < -0.39 is 0 Å². The summed E-state index contributed by atoms with van der Waals surface area (Å²) in [6, 6.07) is 18.7. The molecule has 0 spiro atoms. The molecule has 1 heterocycles. The van der Waals surface area contributed by atoms with Gasteiger partial charge in [-0.25, -0.2) is 0 Å². The van der Waals surface area contributed by atoms with Gasteiger partial charge in [0.15, 0.2) is 6.71 Å². The number of rotatable bonds is 4. The molecule has 4 rings (SSSR count). The predicted octanol–water partition coefficient (Wildman–Crippen LogP) is 6.79. The third kappa shape index (κ3) is 3.30. The minimum atomic E-state index is 0.555. The zero-order valence-corrected chi connectivity index (χ0v) is 18.3. The number of hydrogen-bond acceptors (Lipinski definition) is 0. The third-order valence-corrected chi connectivity index (χ3v) is 6.60. The van der Waals surface area contributed by atoms with Crippen LogP contribution < -0.4 is 5.46 Å². The Hall–Kier alpha value is -2.02. The molecule has 144 valence electrons. The van der Waals surface area contributed by atoms with Crippen LogP contribution in [0.4, 0.5) is 0 Å². The molecule has 3 aromatic rings. The molecule has 28 heavy (non-hydrogen) atoms. The molecular weight excluding hydrogens is 335 g/mol. The first-order valence-electron chi connectivity index (χ1n) is 11.0. The van der Waals surface area contributed by atoms with Crippen molar-refractivity contribution in [3.05, 3.63) is 76.3 Å². The van der Waals surface area contributed by atoms with Crippen LogP contribution in [-0.4, -0.2) is 6.71 Å². The normalized spacial score (nSPS) is 14.0. The monoisotopic (exact) mass is 368 g/mol. The average Bonchev–Trinajstić information content (AvgIpc) is 2.67. The summed E-state index contributed by atoms with van der Waals surface area (Å²) < 4.78 is 0. The minimum Gasteiger partial charge on any atom is -0.0726 e. The van der Waals surface area contributed by atoms with Gasteiger partial charge in [-0.2, -0.15) is 0 Å². The summed E-state index contributed by atoms with van der Waals surface area (Å²) in [6.45, 7) is 14.7. The summed E-state index contributed by atoms with van der Waals surface area (Å²) in [5.41, 5.74) is 9.34. The largest absolute Gasteiger partial charge is 0.185 e. The number of hydrogen-bond donors (Lipinski definition) is 0. The van der Waals surface area contributed by atoms with Crippen LogP contribution in [0.15, 0.2) is 48.5 Å². The molecule has 1 aliphatic heterocycles. The van der Waals surface area contributed by atoms with Crippen molar-refractivity contribution in [2.45, 2.75) is 71.9 Å². The SMILES string of the molecule is CC(C)c1cc(C(C)C)c(B2Cc3cccc4cccc(c34)C2)c(C(C)C)c1. The van der Waals surface area contributed by atoms with E-state index in [1.54, 1.807) is 16.6 Å². The Morgan fingerprint density at radius 1 is 0.679 bits per heavy atom. The van der Waals surface area contributed by atoms with Crippen LogP contribution in [0.2, 0.25) is 0 Å². The molecule has 0 unspecified atom stereocenters. The van der Waals surface area contributed by atoms with Crippen molar-refractivity contribution >= 4 is 22.9 Å². The van der Waals surface area contributed by atoms with E-state index in [4.69, 9.17) is 0 Å². The van der Waals surface area contributed by atoms with Crippen LogP contribution in [0.25, 0.3) is 10.8 Å². The van der Waals surface area contributed by atoms with E-state index in [9.17, 15) is 0 Å². The van der Waals surface area contributed by atoms with E-state index in [-0.39, 0.29) is 0 Å².